The Morgan fingerprint density at radius 1 is 1.14 bits per heavy atom. The predicted octanol–water partition coefficient (Wildman–Crippen LogP) is 6.19. The molecule has 21 heavy (non-hydrogen) atoms. The molecule has 0 saturated heterocycles. The van der Waals surface area contributed by atoms with Gasteiger partial charge in [-0.1, -0.05) is 68.0 Å². The highest BCUT2D eigenvalue weighted by molar-refractivity contribution is 5.78. The van der Waals surface area contributed by atoms with Crippen molar-refractivity contribution in [3.05, 3.63) is 65.3 Å². The Bertz CT molecular complexity index is 569. The van der Waals surface area contributed by atoms with Gasteiger partial charge in [-0.3, -0.25) is 0 Å². The zero-order valence-electron chi connectivity index (χ0n) is 14.1. The third kappa shape index (κ3) is 3.37. The Balaban J connectivity index is 2.32. The summed E-state index contributed by atoms with van der Waals surface area (Å²) in [5, 5.41) is 0. The number of rotatable bonds is 3. The predicted molar refractivity (Wildman–Crippen MR) is 94.2 cm³/mol. The SMILES string of the molecule is C=C(C(=CC)C1C(C)C=C(C)CC1C)c1ccc(C)cc1. The third-order valence-electron chi connectivity index (χ3n) is 4.79. The van der Waals surface area contributed by atoms with Crippen LogP contribution >= 0.6 is 0 Å². The second-order valence-corrected chi connectivity index (χ2v) is 6.67. The van der Waals surface area contributed by atoms with Gasteiger partial charge < -0.3 is 0 Å². The van der Waals surface area contributed by atoms with Crippen LogP contribution in [-0.2, 0) is 0 Å². The van der Waals surface area contributed by atoms with Gasteiger partial charge in [-0.2, -0.15) is 0 Å². The average Bonchev–Trinajstić information content (AvgIpc) is 2.42. The maximum absolute atomic E-state index is 4.40. The van der Waals surface area contributed by atoms with E-state index >= 15 is 0 Å². The van der Waals surface area contributed by atoms with Crippen molar-refractivity contribution in [1.29, 1.82) is 0 Å². The summed E-state index contributed by atoms with van der Waals surface area (Å²) < 4.78 is 0. The number of benzene rings is 1. The largest absolute Gasteiger partial charge is 0.0909 e. The summed E-state index contributed by atoms with van der Waals surface area (Å²) >= 11 is 0. The molecule has 1 aromatic carbocycles. The summed E-state index contributed by atoms with van der Waals surface area (Å²) in [6.45, 7) is 15.7. The number of aryl methyl sites for hydroxylation is 1. The number of allylic oxidation sites excluding steroid dienone is 5. The molecule has 0 aliphatic heterocycles. The van der Waals surface area contributed by atoms with Crippen LogP contribution in [0.1, 0.15) is 45.2 Å². The van der Waals surface area contributed by atoms with Gasteiger partial charge in [0.15, 0.2) is 0 Å². The Labute approximate surface area is 130 Å². The fraction of sp³-hybridized carbons (Fsp3) is 0.429. The van der Waals surface area contributed by atoms with E-state index in [4.69, 9.17) is 0 Å². The van der Waals surface area contributed by atoms with E-state index in [2.05, 4.69) is 77.6 Å². The van der Waals surface area contributed by atoms with Gasteiger partial charge in [-0.25, -0.2) is 0 Å². The van der Waals surface area contributed by atoms with Gasteiger partial charge in [-0.05, 0) is 61.7 Å². The van der Waals surface area contributed by atoms with Crippen molar-refractivity contribution in [3.63, 3.8) is 0 Å². The molecule has 0 nitrogen and oxygen atoms in total. The molecule has 0 fully saturated rings. The molecule has 0 heteroatoms. The third-order valence-corrected chi connectivity index (χ3v) is 4.79. The van der Waals surface area contributed by atoms with Crippen molar-refractivity contribution in [3.8, 4) is 0 Å². The minimum Gasteiger partial charge on any atom is -0.0909 e. The van der Waals surface area contributed by atoms with Crippen molar-refractivity contribution < 1.29 is 0 Å². The minimum atomic E-state index is 0.576. The van der Waals surface area contributed by atoms with Crippen LogP contribution in [0.3, 0.4) is 0 Å². The highest BCUT2D eigenvalue weighted by atomic mass is 14.3. The molecule has 3 unspecified atom stereocenters. The van der Waals surface area contributed by atoms with Crippen molar-refractivity contribution in [1.82, 2.24) is 0 Å². The van der Waals surface area contributed by atoms with Crippen LogP contribution in [0.15, 0.2) is 54.1 Å². The molecule has 0 N–H and O–H groups in total. The van der Waals surface area contributed by atoms with Crippen LogP contribution in [0.5, 0.6) is 0 Å². The molecule has 1 aliphatic rings. The van der Waals surface area contributed by atoms with Crippen LogP contribution in [0.25, 0.3) is 5.57 Å². The van der Waals surface area contributed by atoms with Gasteiger partial charge in [0.2, 0.25) is 0 Å². The number of hydrogen-bond acceptors (Lipinski definition) is 0. The fourth-order valence-corrected chi connectivity index (χ4v) is 3.85. The lowest BCUT2D eigenvalue weighted by Crippen LogP contribution is -2.25. The molecule has 0 saturated carbocycles. The van der Waals surface area contributed by atoms with E-state index in [1.165, 1.54) is 34.3 Å². The van der Waals surface area contributed by atoms with Crippen molar-refractivity contribution in [2.75, 3.05) is 0 Å². The Morgan fingerprint density at radius 3 is 2.29 bits per heavy atom. The molecule has 0 aromatic heterocycles. The molecule has 2 rings (SSSR count). The first-order valence-corrected chi connectivity index (χ1v) is 8.03. The molecular formula is C21H28. The molecule has 0 spiro atoms. The highest BCUT2D eigenvalue weighted by Gasteiger charge is 2.30. The van der Waals surface area contributed by atoms with E-state index < -0.39 is 0 Å². The zero-order valence-corrected chi connectivity index (χ0v) is 14.1. The van der Waals surface area contributed by atoms with Gasteiger partial charge in [0, 0.05) is 0 Å². The number of hydrogen-bond donors (Lipinski definition) is 0. The molecule has 1 aromatic rings. The van der Waals surface area contributed by atoms with Crippen molar-refractivity contribution in [2.45, 2.75) is 41.0 Å². The standard InChI is InChI=1S/C21H28/c1-7-20(18(6)19-10-8-14(2)9-11-19)21-16(4)12-15(3)13-17(21)5/h7-12,16-17,21H,6,13H2,1-5H3. The lowest BCUT2D eigenvalue weighted by molar-refractivity contribution is 0.323. The zero-order chi connectivity index (χ0) is 15.6. The smallest absolute Gasteiger partial charge is 0.00701 e. The van der Waals surface area contributed by atoms with Gasteiger partial charge in [0.05, 0.1) is 0 Å². The topological polar surface area (TPSA) is 0 Å². The molecular weight excluding hydrogens is 252 g/mol. The summed E-state index contributed by atoms with van der Waals surface area (Å²) in [4.78, 5) is 0. The van der Waals surface area contributed by atoms with Gasteiger partial charge >= 0.3 is 0 Å². The summed E-state index contributed by atoms with van der Waals surface area (Å²) in [5.41, 5.74) is 6.69. The first-order valence-electron chi connectivity index (χ1n) is 8.03. The van der Waals surface area contributed by atoms with Gasteiger partial charge in [0.1, 0.15) is 0 Å². The Morgan fingerprint density at radius 2 is 1.76 bits per heavy atom. The molecule has 0 amide bonds. The molecule has 0 heterocycles. The van der Waals surface area contributed by atoms with E-state index in [9.17, 15) is 0 Å². The van der Waals surface area contributed by atoms with Gasteiger partial charge in [0.25, 0.3) is 0 Å². The lowest BCUT2D eigenvalue weighted by atomic mass is 9.69. The Kier molecular flexibility index (Phi) is 4.88. The summed E-state index contributed by atoms with van der Waals surface area (Å²) in [7, 11) is 0. The normalized spacial score (nSPS) is 26.4. The first-order chi connectivity index (χ1) is 9.93. The molecule has 1 aliphatic carbocycles. The van der Waals surface area contributed by atoms with E-state index in [1.54, 1.807) is 0 Å². The van der Waals surface area contributed by atoms with E-state index in [0.717, 1.165) is 0 Å². The van der Waals surface area contributed by atoms with Crippen LogP contribution in [0.4, 0.5) is 0 Å². The quantitative estimate of drug-likeness (QED) is 0.457. The van der Waals surface area contributed by atoms with Crippen molar-refractivity contribution >= 4 is 5.57 Å². The maximum atomic E-state index is 4.40. The molecule has 0 bridgehead atoms. The summed E-state index contributed by atoms with van der Waals surface area (Å²) in [6, 6.07) is 8.73. The van der Waals surface area contributed by atoms with E-state index in [-0.39, 0.29) is 0 Å². The minimum absolute atomic E-state index is 0.576. The van der Waals surface area contributed by atoms with Crippen LogP contribution < -0.4 is 0 Å². The van der Waals surface area contributed by atoms with Crippen molar-refractivity contribution in [2.24, 2.45) is 17.8 Å². The molecule has 112 valence electrons. The van der Waals surface area contributed by atoms with Gasteiger partial charge in [-0.15, -0.1) is 0 Å². The maximum Gasteiger partial charge on any atom is -0.00701 e. The summed E-state index contributed by atoms with van der Waals surface area (Å²) in [5.74, 6) is 1.84. The average molecular weight is 280 g/mol. The molecule has 3 atom stereocenters. The van der Waals surface area contributed by atoms with Crippen LogP contribution in [-0.4, -0.2) is 0 Å². The monoisotopic (exact) mass is 280 g/mol. The van der Waals surface area contributed by atoms with Crippen LogP contribution in [0, 0.1) is 24.7 Å². The van der Waals surface area contributed by atoms with E-state index in [0.29, 0.717) is 17.8 Å². The van der Waals surface area contributed by atoms with E-state index in [1.807, 2.05) is 0 Å². The second-order valence-electron chi connectivity index (χ2n) is 6.67. The fourth-order valence-electron chi connectivity index (χ4n) is 3.85. The lowest BCUT2D eigenvalue weighted by Gasteiger charge is -2.36. The molecule has 0 radical (unpaired) electrons. The first kappa shape index (κ1) is 15.8. The highest BCUT2D eigenvalue weighted by Crippen LogP contribution is 2.42. The summed E-state index contributed by atoms with van der Waals surface area (Å²) in [6.07, 6.45) is 5.92. The Hall–Kier alpha value is -1.56. The second kappa shape index (κ2) is 6.47. The van der Waals surface area contributed by atoms with Crippen LogP contribution in [0.2, 0.25) is 0 Å².